The van der Waals surface area contributed by atoms with Crippen molar-refractivity contribution in [1.82, 2.24) is 19.7 Å². The molecule has 1 saturated carbocycles. The first kappa shape index (κ1) is 12.1. The highest BCUT2D eigenvalue weighted by Crippen LogP contribution is 2.26. The standard InChI is InChI=1S/C14H19N5/c1-11-4-2-3-5-13(11)18-12-6-7-14(16-8-12)19-10-15-9-17-19/h6-11,13,18H,2-5H2,1H3. The van der Waals surface area contributed by atoms with Crippen molar-refractivity contribution in [3.8, 4) is 5.82 Å². The lowest BCUT2D eigenvalue weighted by Gasteiger charge is -2.30. The predicted molar refractivity (Wildman–Crippen MR) is 74.2 cm³/mol. The van der Waals surface area contributed by atoms with Crippen molar-refractivity contribution in [2.75, 3.05) is 5.32 Å². The van der Waals surface area contributed by atoms with Crippen molar-refractivity contribution in [2.45, 2.75) is 38.6 Å². The zero-order valence-electron chi connectivity index (χ0n) is 11.2. The van der Waals surface area contributed by atoms with E-state index in [9.17, 15) is 0 Å². The van der Waals surface area contributed by atoms with Gasteiger partial charge < -0.3 is 5.32 Å². The minimum atomic E-state index is 0.577. The summed E-state index contributed by atoms with van der Waals surface area (Å²) < 4.78 is 1.66. The molecular weight excluding hydrogens is 238 g/mol. The molecular formula is C14H19N5. The second-order valence-electron chi connectivity index (χ2n) is 5.26. The van der Waals surface area contributed by atoms with Crippen LogP contribution in [-0.2, 0) is 0 Å². The summed E-state index contributed by atoms with van der Waals surface area (Å²) in [6, 6.07) is 4.60. The maximum absolute atomic E-state index is 4.41. The van der Waals surface area contributed by atoms with E-state index in [1.54, 1.807) is 11.0 Å². The van der Waals surface area contributed by atoms with E-state index in [-0.39, 0.29) is 0 Å². The van der Waals surface area contributed by atoms with Crippen LogP contribution in [0, 0.1) is 5.92 Å². The van der Waals surface area contributed by atoms with Gasteiger partial charge in [-0.2, -0.15) is 5.10 Å². The highest BCUT2D eigenvalue weighted by atomic mass is 15.3. The molecule has 1 aliphatic carbocycles. The van der Waals surface area contributed by atoms with Crippen LogP contribution in [0.4, 0.5) is 5.69 Å². The minimum Gasteiger partial charge on any atom is -0.381 e. The molecule has 100 valence electrons. The molecule has 2 aromatic rings. The largest absolute Gasteiger partial charge is 0.381 e. The molecule has 2 heterocycles. The third-order valence-electron chi connectivity index (χ3n) is 3.86. The van der Waals surface area contributed by atoms with Gasteiger partial charge in [0.15, 0.2) is 5.82 Å². The van der Waals surface area contributed by atoms with Gasteiger partial charge in [-0.15, -0.1) is 0 Å². The van der Waals surface area contributed by atoms with Crippen LogP contribution in [0.2, 0.25) is 0 Å². The fourth-order valence-corrected chi connectivity index (χ4v) is 2.68. The van der Waals surface area contributed by atoms with Crippen LogP contribution in [0.3, 0.4) is 0 Å². The van der Waals surface area contributed by atoms with Gasteiger partial charge in [-0.1, -0.05) is 19.8 Å². The average Bonchev–Trinajstić information content (AvgIpc) is 2.96. The van der Waals surface area contributed by atoms with E-state index >= 15 is 0 Å². The van der Waals surface area contributed by atoms with Crippen molar-refractivity contribution in [3.63, 3.8) is 0 Å². The van der Waals surface area contributed by atoms with Crippen molar-refractivity contribution >= 4 is 5.69 Å². The Kier molecular flexibility index (Phi) is 3.44. The lowest BCUT2D eigenvalue weighted by molar-refractivity contribution is 0.349. The van der Waals surface area contributed by atoms with Gasteiger partial charge >= 0.3 is 0 Å². The van der Waals surface area contributed by atoms with E-state index in [1.807, 2.05) is 12.3 Å². The first-order valence-electron chi connectivity index (χ1n) is 6.90. The number of hydrogen-bond acceptors (Lipinski definition) is 4. The summed E-state index contributed by atoms with van der Waals surface area (Å²) in [5.74, 6) is 1.53. The van der Waals surface area contributed by atoms with E-state index in [2.05, 4.69) is 33.4 Å². The Morgan fingerprint density at radius 1 is 1.26 bits per heavy atom. The van der Waals surface area contributed by atoms with Gasteiger partial charge in [0.2, 0.25) is 0 Å². The predicted octanol–water partition coefficient (Wildman–Crippen LogP) is 2.65. The molecule has 0 radical (unpaired) electrons. The summed E-state index contributed by atoms with van der Waals surface area (Å²) in [4.78, 5) is 8.33. The third kappa shape index (κ3) is 2.75. The Morgan fingerprint density at radius 3 is 2.84 bits per heavy atom. The summed E-state index contributed by atoms with van der Waals surface area (Å²) in [6.07, 6.45) is 10.3. The van der Waals surface area contributed by atoms with Crippen LogP contribution in [0.5, 0.6) is 0 Å². The Hall–Kier alpha value is -1.91. The molecule has 0 bridgehead atoms. The van der Waals surface area contributed by atoms with E-state index in [0.717, 1.165) is 17.4 Å². The number of aromatic nitrogens is 4. The zero-order valence-corrected chi connectivity index (χ0v) is 11.2. The number of nitrogens with one attached hydrogen (secondary N) is 1. The molecule has 1 N–H and O–H groups in total. The van der Waals surface area contributed by atoms with Gasteiger partial charge in [-0.3, -0.25) is 0 Å². The highest BCUT2D eigenvalue weighted by Gasteiger charge is 2.20. The molecule has 1 fully saturated rings. The maximum Gasteiger partial charge on any atom is 0.155 e. The molecule has 5 nitrogen and oxygen atoms in total. The summed E-state index contributed by atoms with van der Waals surface area (Å²) in [5.41, 5.74) is 1.09. The molecule has 2 unspecified atom stereocenters. The van der Waals surface area contributed by atoms with Gasteiger partial charge in [0, 0.05) is 6.04 Å². The van der Waals surface area contributed by atoms with E-state index in [1.165, 1.54) is 32.0 Å². The molecule has 19 heavy (non-hydrogen) atoms. The molecule has 0 amide bonds. The Labute approximate surface area is 113 Å². The Morgan fingerprint density at radius 2 is 2.16 bits per heavy atom. The lowest BCUT2D eigenvalue weighted by Crippen LogP contribution is -2.30. The topological polar surface area (TPSA) is 55.6 Å². The van der Waals surface area contributed by atoms with Crippen LogP contribution in [0.15, 0.2) is 31.0 Å². The quantitative estimate of drug-likeness (QED) is 0.918. The second kappa shape index (κ2) is 5.38. The van der Waals surface area contributed by atoms with Crippen molar-refractivity contribution in [3.05, 3.63) is 31.0 Å². The van der Waals surface area contributed by atoms with Gasteiger partial charge in [0.05, 0.1) is 11.9 Å². The zero-order chi connectivity index (χ0) is 13.1. The second-order valence-corrected chi connectivity index (χ2v) is 5.26. The van der Waals surface area contributed by atoms with E-state index in [0.29, 0.717) is 6.04 Å². The highest BCUT2D eigenvalue weighted by molar-refractivity contribution is 5.44. The molecule has 2 aromatic heterocycles. The smallest absolute Gasteiger partial charge is 0.155 e. The Balaban J connectivity index is 1.69. The molecule has 0 aromatic carbocycles. The summed E-state index contributed by atoms with van der Waals surface area (Å²) in [5, 5.41) is 7.66. The van der Waals surface area contributed by atoms with Crippen LogP contribution >= 0.6 is 0 Å². The summed E-state index contributed by atoms with van der Waals surface area (Å²) in [7, 11) is 0. The fourth-order valence-electron chi connectivity index (χ4n) is 2.68. The number of rotatable bonds is 3. The SMILES string of the molecule is CC1CCCCC1Nc1ccc(-n2cncn2)nc1. The monoisotopic (exact) mass is 257 g/mol. The maximum atomic E-state index is 4.41. The first-order valence-corrected chi connectivity index (χ1v) is 6.90. The average molecular weight is 257 g/mol. The minimum absolute atomic E-state index is 0.577. The van der Waals surface area contributed by atoms with Crippen LogP contribution in [-0.4, -0.2) is 25.8 Å². The summed E-state index contributed by atoms with van der Waals surface area (Å²) >= 11 is 0. The van der Waals surface area contributed by atoms with E-state index in [4.69, 9.17) is 0 Å². The van der Waals surface area contributed by atoms with Crippen LogP contribution in [0.25, 0.3) is 5.82 Å². The molecule has 0 saturated heterocycles. The molecule has 0 spiro atoms. The fraction of sp³-hybridized carbons (Fsp3) is 0.500. The third-order valence-corrected chi connectivity index (χ3v) is 3.86. The van der Waals surface area contributed by atoms with Gasteiger partial charge in [0.25, 0.3) is 0 Å². The van der Waals surface area contributed by atoms with Gasteiger partial charge in [0.1, 0.15) is 12.7 Å². The molecule has 2 atom stereocenters. The lowest BCUT2D eigenvalue weighted by atomic mass is 9.86. The van der Waals surface area contributed by atoms with Gasteiger partial charge in [-0.25, -0.2) is 14.6 Å². The van der Waals surface area contributed by atoms with Gasteiger partial charge in [-0.05, 0) is 30.9 Å². The van der Waals surface area contributed by atoms with Crippen molar-refractivity contribution in [1.29, 1.82) is 0 Å². The Bertz CT molecular complexity index is 505. The summed E-state index contributed by atoms with van der Waals surface area (Å²) in [6.45, 7) is 2.33. The molecule has 5 heteroatoms. The number of hydrogen-bond donors (Lipinski definition) is 1. The van der Waals surface area contributed by atoms with Crippen LogP contribution in [0.1, 0.15) is 32.6 Å². The van der Waals surface area contributed by atoms with Crippen molar-refractivity contribution in [2.24, 2.45) is 5.92 Å². The molecule has 0 aliphatic heterocycles. The first-order chi connectivity index (χ1) is 9.33. The van der Waals surface area contributed by atoms with Crippen LogP contribution < -0.4 is 5.32 Å². The van der Waals surface area contributed by atoms with Crippen molar-refractivity contribution < 1.29 is 0 Å². The normalized spacial score (nSPS) is 23.2. The molecule has 1 aliphatic rings. The number of pyridine rings is 1. The number of nitrogens with zero attached hydrogens (tertiary/aromatic N) is 4. The van der Waals surface area contributed by atoms with E-state index < -0.39 is 0 Å². The molecule has 3 rings (SSSR count). The number of anilines is 1.